The Morgan fingerprint density at radius 1 is 1.33 bits per heavy atom. The maximum atomic E-state index is 13.4. The standard InChI is InChI=1S/C13H10BrF2N3O2/c1-7(14)13(20)19-11-5-18-12(6-17-11)21-10-3-2-8(15)4-9(10)16/h2-7H,1H3,(H,17,19,20)/t7-/m1/s1. The largest absolute Gasteiger partial charge is 0.434 e. The van der Waals surface area contributed by atoms with Crippen LogP contribution in [0, 0.1) is 11.6 Å². The molecule has 1 N–H and O–H groups in total. The average molecular weight is 358 g/mol. The Morgan fingerprint density at radius 2 is 2.10 bits per heavy atom. The first-order chi connectivity index (χ1) is 9.95. The molecule has 1 atom stereocenters. The third-order valence-electron chi connectivity index (χ3n) is 2.35. The van der Waals surface area contributed by atoms with Crippen molar-refractivity contribution < 1.29 is 18.3 Å². The first-order valence-corrected chi connectivity index (χ1v) is 6.77. The maximum absolute atomic E-state index is 13.4. The van der Waals surface area contributed by atoms with E-state index in [4.69, 9.17) is 4.74 Å². The fourth-order valence-electron chi connectivity index (χ4n) is 1.33. The van der Waals surface area contributed by atoms with Crippen molar-refractivity contribution in [3.8, 4) is 11.6 Å². The van der Waals surface area contributed by atoms with Crippen LogP contribution in [0.15, 0.2) is 30.6 Å². The van der Waals surface area contributed by atoms with Gasteiger partial charge >= 0.3 is 0 Å². The highest BCUT2D eigenvalue weighted by atomic mass is 79.9. The summed E-state index contributed by atoms with van der Waals surface area (Å²) >= 11 is 3.11. The van der Waals surface area contributed by atoms with Gasteiger partial charge in [0, 0.05) is 6.07 Å². The number of benzene rings is 1. The van der Waals surface area contributed by atoms with Crippen LogP contribution in [0.3, 0.4) is 0 Å². The Bertz CT molecular complexity index is 650. The second kappa shape index (κ2) is 6.57. The Labute approximate surface area is 127 Å². The molecule has 0 bridgehead atoms. The van der Waals surface area contributed by atoms with E-state index < -0.39 is 11.6 Å². The van der Waals surface area contributed by atoms with Crippen molar-refractivity contribution in [3.05, 3.63) is 42.2 Å². The molecule has 8 heteroatoms. The molecule has 0 radical (unpaired) electrons. The predicted molar refractivity (Wildman–Crippen MR) is 75.5 cm³/mol. The van der Waals surface area contributed by atoms with Gasteiger partial charge in [-0.1, -0.05) is 15.9 Å². The molecule has 0 saturated heterocycles. The molecule has 1 aromatic carbocycles. The molecule has 0 aliphatic heterocycles. The van der Waals surface area contributed by atoms with Crippen LogP contribution >= 0.6 is 15.9 Å². The fourth-order valence-corrected chi connectivity index (χ4v) is 1.44. The number of anilines is 1. The topological polar surface area (TPSA) is 64.1 Å². The molecule has 0 aliphatic carbocycles. The molecule has 110 valence electrons. The van der Waals surface area contributed by atoms with Crippen molar-refractivity contribution in [1.82, 2.24) is 9.97 Å². The Morgan fingerprint density at radius 3 is 2.67 bits per heavy atom. The van der Waals surface area contributed by atoms with Gasteiger partial charge in [0.2, 0.25) is 11.8 Å². The fraction of sp³-hybridized carbons (Fsp3) is 0.154. The first-order valence-electron chi connectivity index (χ1n) is 5.85. The zero-order chi connectivity index (χ0) is 15.4. The van der Waals surface area contributed by atoms with Crippen molar-refractivity contribution in [3.63, 3.8) is 0 Å². The molecule has 21 heavy (non-hydrogen) atoms. The summed E-state index contributed by atoms with van der Waals surface area (Å²) in [5.74, 6) is -1.74. The van der Waals surface area contributed by atoms with Gasteiger partial charge in [-0.2, -0.15) is 0 Å². The number of nitrogens with zero attached hydrogens (tertiary/aromatic N) is 2. The number of ether oxygens (including phenoxy) is 1. The van der Waals surface area contributed by atoms with Crippen LogP contribution in [0.4, 0.5) is 14.6 Å². The average Bonchev–Trinajstić information content (AvgIpc) is 2.43. The van der Waals surface area contributed by atoms with Gasteiger partial charge in [-0.3, -0.25) is 4.79 Å². The van der Waals surface area contributed by atoms with Gasteiger partial charge in [0.1, 0.15) is 5.82 Å². The number of aromatic nitrogens is 2. The second-order valence-corrected chi connectivity index (χ2v) is 5.40. The molecular formula is C13H10BrF2N3O2. The van der Waals surface area contributed by atoms with Crippen LogP contribution in [0.25, 0.3) is 0 Å². The van der Waals surface area contributed by atoms with Crippen molar-refractivity contribution in [1.29, 1.82) is 0 Å². The van der Waals surface area contributed by atoms with E-state index in [0.717, 1.165) is 12.1 Å². The second-order valence-electron chi connectivity index (χ2n) is 4.02. The molecule has 0 unspecified atom stereocenters. The van der Waals surface area contributed by atoms with Crippen LogP contribution in [-0.2, 0) is 4.79 Å². The van der Waals surface area contributed by atoms with Crippen LogP contribution in [0.1, 0.15) is 6.92 Å². The quantitative estimate of drug-likeness (QED) is 0.853. The summed E-state index contributed by atoms with van der Waals surface area (Å²) in [7, 11) is 0. The number of nitrogens with one attached hydrogen (secondary N) is 1. The Hall–Kier alpha value is -2.09. The van der Waals surface area contributed by atoms with Gasteiger partial charge in [-0.05, 0) is 19.1 Å². The molecule has 0 aliphatic rings. The zero-order valence-electron chi connectivity index (χ0n) is 10.8. The highest BCUT2D eigenvalue weighted by Gasteiger charge is 2.11. The van der Waals surface area contributed by atoms with Gasteiger partial charge in [0.05, 0.1) is 17.2 Å². The molecule has 2 rings (SSSR count). The molecule has 1 heterocycles. The third-order valence-corrected chi connectivity index (χ3v) is 2.76. The smallest absolute Gasteiger partial charge is 0.239 e. The van der Waals surface area contributed by atoms with Gasteiger partial charge in [-0.15, -0.1) is 0 Å². The summed E-state index contributed by atoms with van der Waals surface area (Å²) < 4.78 is 31.3. The molecule has 1 amide bonds. The third kappa shape index (κ3) is 4.19. The monoisotopic (exact) mass is 357 g/mol. The van der Waals surface area contributed by atoms with E-state index >= 15 is 0 Å². The molecule has 0 fully saturated rings. The van der Waals surface area contributed by atoms with Gasteiger partial charge in [0.25, 0.3) is 0 Å². The van der Waals surface area contributed by atoms with Crippen molar-refractivity contribution >= 4 is 27.7 Å². The summed E-state index contributed by atoms with van der Waals surface area (Å²) in [4.78, 5) is 18.8. The number of hydrogen-bond acceptors (Lipinski definition) is 4. The Kier molecular flexibility index (Phi) is 4.79. The van der Waals surface area contributed by atoms with Crippen molar-refractivity contribution in [2.45, 2.75) is 11.8 Å². The van der Waals surface area contributed by atoms with Crippen molar-refractivity contribution in [2.24, 2.45) is 0 Å². The highest BCUT2D eigenvalue weighted by molar-refractivity contribution is 9.10. The summed E-state index contributed by atoms with van der Waals surface area (Å²) in [6, 6.07) is 2.92. The van der Waals surface area contributed by atoms with Gasteiger partial charge in [0.15, 0.2) is 17.4 Å². The number of amides is 1. The lowest BCUT2D eigenvalue weighted by Crippen LogP contribution is -2.20. The minimum atomic E-state index is -0.845. The molecule has 0 saturated carbocycles. The lowest BCUT2D eigenvalue weighted by molar-refractivity contribution is -0.115. The predicted octanol–water partition coefficient (Wildman–Crippen LogP) is 3.27. The van der Waals surface area contributed by atoms with E-state index in [1.165, 1.54) is 12.4 Å². The molecule has 5 nitrogen and oxygen atoms in total. The number of hydrogen-bond donors (Lipinski definition) is 1. The number of carbonyl (C=O) groups excluding carboxylic acids is 1. The molecule has 0 spiro atoms. The van der Waals surface area contributed by atoms with Crippen LogP contribution in [0.2, 0.25) is 0 Å². The molecule has 2 aromatic rings. The lowest BCUT2D eigenvalue weighted by Gasteiger charge is -2.07. The zero-order valence-corrected chi connectivity index (χ0v) is 12.4. The summed E-state index contributed by atoms with van der Waals surface area (Å²) in [5, 5.41) is 2.51. The van der Waals surface area contributed by atoms with Crippen LogP contribution in [0.5, 0.6) is 11.6 Å². The van der Waals surface area contributed by atoms with E-state index in [-0.39, 0.29) is 28.2 Å². The minimum absolute atomic E-state index is 0.0189. The summed E-state index contributed by atoms with van der Waals surface area (Å²) in [6.45, 7) is 1.66. The van der Waals surface area contributed by atoms with Crippen LogP contribution in [-0.4, -0.2) is 20.7 Å². The highest BCUT2D eigenvalue weighted by Crippen LogP contribution is 2.23. The number of alkyl halides is 1. The van der Waals surface area contributed by atoms with Crippen molar-refractivity contribution in [2.75, 3.05) is 5.32 Å². The van der Waals surface area contributed by atoms with E-state index in [2.05, 4.69) is 31.2 Å². The van der Waals surface area contributed by atoms with E-state index in [1.54, 1.807) is 6.92 Å². The minimum Gasteiger partial charge on any atom is -0.434 e. The first kappa shape index (κ1) is 15.3. The lowest BCUT2D eigenvalue weighted by atomic mass is 10.3. The van der Waals surface area contributed by atoms with Gasteiger partial charge < -0.3 is 10.1 Å². The molecule has 1 aromatic heterocycles. The van der Waals surface area contributed by atoms with E-state index in [1.807, 2.05) is 0 Å². The number of rotatable bonds is 4. The summed E-state index contributed by atoms with van der Waals surface area (Å²) in [6.07, 6.45) is 2.49. The normalized spacial score (nSPS) is 11.8. The van der Waals surface area contributed by atoms with E-state index in [9.17, 15) is 13.6 Å². The van der Waals surface area contributed by atoms with Crippen LogP contribution < -0.4 is 10.1 Å². The molecular weight excluding hydrogens is 348 g/mol. The maximum Gasteiger partial charge on any atom is 0.239 e. The van der Waals surface area contributed by atoms with E-state index in [0.29, 0.717) is 6.07 Å². The van der Waals surface area contributed by atoms with Gasteiger partial charge in [-0.25, -0.2) is 18.7 Å². The summed E-state index contributed by atoms with van der Waals surface area (Å²) in [5.41, 5.74) is 0. The number of carbonyl (C=O) groups is 1. The number of halogens is 3. The SMILES string of the molecule is C[C@@H](Br)C(=O)Nc1cnc(Oc2ccc(F)cc2F)cn1. The Balaban J connectivity index is 2.07.